The molecule has 0 bridgehead atoms. The maximum absolute atomic E-state index is 14.6. The molecular formula is C58H40F2N4OPt+2. The molecule has 0 aliphatic carbocycles. The summed E-state index contributed by atoms with van der Waals surface area (Å²) >= 11 is 0. The van der Waals surface area contributed by atoms with Gasteiger partial charge in [0.25, 0.3) is 11.4 Å². The Morgan fingerprint density at radius 3 is 1.91 bits per heavy atom. The molecule has 3 heterocycles. The van der Waals surface area contributed by atoms with Crippen LogP contribution in [0.2, 0.25) is 0 Å². The van der Waals surface area contributed by atoms with Crippen molar-refractivity contribution in [3.63, 3.8) is 0 Å². The molecule has 0 saturated carbocycles. The van der Waals surface area contributed by atoms with Crippen molar-refractivity contribution < 1.29 is 34.6 Å². The van der Waals surface area contributed by atoms with Crippen molar-refractivity contribution in [1.82, 2.24) is 18.7 Å². The number of halogens is 2. The number of benzene rings is 8. The van der Waals surface area contributed by atoms with Gasteiger partial charge in [0.15, 0.2) is 0 Å². The van der Waals surface area contributed by atoms with E-state index in [4.69, 9.17) is 9.72 Å². The summed E-state index contributed by atoms with van der Waals surface area (Å²) in [5.41, 5.74) is 11.1. The minimum absolute atomic E-state index is 0. The molecule has 0 amide bonds. The molecule has 0 fully saturated rings. The van der Waals surface area contributed by atoms with Crippen LogP contribution in [0.25, 0.3) is 61.0 Å². The molecule has 0 atom stereocenters. The van der Waals surface area contributed by atoms with Crippen molar-refractivity contribution in [2.75, 3.05) is 0 Å². The summed E-state index contributed by atoms with van der Waals surface area (Å²) in [6.07, 6.45) is 1.87. The maximum Gasteiger partial charge on any atom is 2.00 e. The third-order valence-corrected chi connectivity index (χ3v) is 11.9. The van der Waals surface area contributed by atoms with E-state index in [1.807, 2.05) is 112 Å². The third kappa shape index (κ3) is 7.77. The predicted molar refractivity (Wildman–Crippen MR) is 258 cm³/mol. The minimum Gasteiger partial charge on any atom is -0.509 e. The standard InChI is InChI=1S/C58H40F2N4O.Pt/c1-58(2,3)41-27-28-61-57(33-41)64-53-22-12-10-20-50(53)51-26-25-45(36-56(51)64)65-46-32-40(48-18-8-7-17-47(48)38-15-5-4-6-16-38)31-44(35-46)62-37-63(55-24-14-13-23-54(55)62)52-21-11-9-19-49(52)39-29-42(59)34-43(60)30-39;/h4-34H,1-3H3;/q;+2. The van der Waals surface area contributed by atoms with Gasteiger partial charge in [0.1, 0.15) is 23.1 Å². The number of para-hydroxylation sites is 4. The molecule has 0 radical (unpaired) electrons. The zero-order valence-corrected chi connectivity index (χ0v) is 38.4. The molecule has 11 rings (SSSR count). The van der Waals surface area contributed by atoms with Gasteiger partial charge in [0, 0.05) is 47.5 Å². The normalized spacial score (nSPS) is 12.1. The van der Waals surface area contributed by atoms with E-state index in [1.165, 1.54) is 17.7 Å². The van der Waals surface area contributed by atoms with Gasteiger partial charge in [-0.15, -0.1) is 29.1 Å². The first-order chi connectivity index (χ1) is 31.7. The Balaban J connectivity index is 0.00000511. The van der Waals surface area contributed by atoms with E-state index >= 15 is 0 Å². The van der Waals surface area contributed by atoms with Gasteiger partial charge in [0.05, 0.1) is 5.56 Å². The summed E-state index contributed by atoms with van der Waals surface area (Å²) in [6, 6.07) is 69.3. The monoisotopic (exact) mass is 1040 g/mol. The fraction of sp³-hybridized carbons (Fsp3) is 0.0690. The number of ether oxygens (including phenoxy) is 1. The van der Waals surface area contributed by atoms with Gasteiger partial charge in [-0.1, -0.05) is 140 Å². The van der Waals surface area contributed by atoms with E-state index in [2.05, 4.69) is 110 Å². The molecular weight excluding hydrogens is 1000 g/mol. The summed E-state index contributed by atoms with van der Waals surface area (Å²) < 4.78 is 42.2. The zero-order chi connectivity index (χ0) is 44.2. The molecule has 8 aromatic carbocycles. The first kappa shape index (κ1) is 42.4. The Bertz CT molecular complexity index is 3570. The molecule has 0 spiro atoms. The maximum atomic E-state index is 14.6. The minimum atomic E-state index is -0.648. The van der Waals surface area contributed by atoms with Crippen molar-refractivity contribution in [2.45, 2.75) is 26.2 Å². The fourth-order valence-electron chi connectivity index (χ4n) is 8.80. The van der Waals surface area contributed by atoms with E-state index in [-0.39, 0.29) is 26.5 Å². The van der Waals surface area contributed by atoms with Gasteiger partial charge in [-0.25, -0.2) is 13.8 Å². The van der Waals surface area contributed by atoms with Crippen LogP contribution in [-0.4, -0.2) is 15.6 Å². The predicted octanol–water partition coefficient (Wildman–Crippen LogP) is 15.0. The smallest absolute Gasteiger partial charge is 0.509 e. The number of aromatic nitrogens is 2. The van der Waals surface area contributed by atoms with Gasteiger partial charge in [-0.05, 0) is 79.6 Å². The van der Waals surface area contributed by atoms with Gasteiger partial charge in [-0.2, -0.15) is 6.07 Å². The first-order valence-electron chi connectivity index (χ1n) is 21.5. The molecule has 10 aromatic rings. The van der Waals surface area contributed by atoms with Crippen LogP contribution >= 0.6 is 0 Å². The van der Waals surface area contributed by atoms with Crippen molar-refractivity contribution in [1.29, 1.82) is 0 Å². The molecule has 5 nitrogen and oxygen atoms in total. The van der Waals surface area contributed by atoms with Crippen LogP contribution in [0.5, 0.6) is 11.5 Å². The fourth-order valence-corrected chi connectivity index (χ4v) is 8.80. The third-order valence-electron chi connectivity index (χ3n) is 11.9. The second-order valence-corrected chi connectivity index (χ2v) is 17.2. The van der Waals surface area contributed by atoms with E-state index in [0.717, 1.165) is 67.3 Å². The topological polar surface area (TPSA) is 33.1 Å². The van der Waals surface area contributed by atoms with Crippen molar-refractivity contribution in [2.24, 2.45) is 0 Å². The second-order valence-electron chi connectivity index (χ2n) is 17.2. The molecule has 2 aromatic heterocycles. The van der Waals surface area contributed by atoms with Crippen LogP contribution in [0.4, 0.5) is 31.5 Å². The number of fused-ring (bicyclic) bond motifs is 4. The van der Waals surface area contributed by atoms with Gasteiger partial charge >= 0.3 is 27.1 Å². The average molecular weight is 1040 g/mol. The number of hydrogen-bond acceptors (Lipinski definition) is 2. The molecule has 1 aliphatic heterocycles. The Morgan fingerprint density at radius 1 is 0.545 bits per heavy atom. The van der Waals surface area contributed by atoms with E-state index < -0.39 is 11.6 Å². The average Bonchev–Trinajstić information content (AvgIpc) is 3.87. The number of hydrogen-bond donors (Lipinski definition) is 0. The van der Waals surface area contributed by atoms with Crippen LogP contribution in [-0.2, 0) is 26.5 Å². The van der Waals surface area contributed by atoms with E-state index in [1.54, 1.807) is 0 Å². The summed E-state index contributed by atoms with van der Waals surface area (Å²) in [7, 11) is 0. The van der Waals surface area contributed by atoms with Crippen LogP contribution in [0.3, 0.4) is 0 Å². The quantitative estimate of drug-likeness (QED) is 0.112. The van der Waals surface area contributed by atoms with Crippen molar-refractivity contribution >= 4 is 50.6 Å². The summed E-state index contributed by atoms with van der Waals surface area (Å²) in [4.78, 5) is 4.87. The first-order valence-corrected chi connectivity index (χ1v) is 21.5. The van der Waals surface area contributed by atoms with E-state index in [9.17, 15) is 8.78 Å². The van der Waals surface area contributed by atoms with E-state index in [0.29, 0.717) is 34.0 Å². The van der Waals surface area contributed by atoms with Crippen LogP contribution in [0.15, 0.2) is 188 Å². The second kappa shape index (κ2) is 17.1. The molecule has 0 saturated heterocycles. The molecule has 0 N–H and O–H groups in total. The van der Waals surface area contributed by atoms with Crippen LogP contribution < -0.4 is 13.9 Å². The van der Waals surface area contributed by atoms with Crippen LogP contribution in [0, 0.1) is 23.8 Å². The SMILES string of the molecule is CC(C)(C)c1ccnc(-n2c3[c-]c(Oc4[c-]c([N+]5=C=[N+](c6ccccc6-c6cc(F)cc(F)c6)c6ccccc65)cc(-c5ccccc5-c5ccccc5)c4)ccc3c3ccccc32)c1.[Pt+2]. The number of rotatable bonds is 8. The number of pyridine rings is 1. The largest absolute Gasteiger partial charge is 2.00 e. The summed E-state index contributed by atoms with van der Waals surface area (Å²) in [5, 5.41) is 2.12. The van der Waals surface area contributed by atoms with Gasteiger partial charge in [0.2, 0.25) is 5.69 Å². The molecule has 8 heteroatoms. The molecule has 0 unspecified atom stereocenters. The van der Waals surface area contributed by atoms with Crippen LogP contribution in [0.1, 0.15) is 26.3 Å². The molecule has 66 heavy (non-hydrogen) atoms. The Kier molecular flexibility index (Phi) is 11.0. The summed E-state index contributed by atoms with van der Waals surface area (Å²) in [5.74, 6) is 0.491. The van der Waals surface area contributed by atoms with Crippen molar-refractivity contribution in [3.8, 4) is 50.7 Å². The number of nitrogens with zero attached hydrogens (tertiary/aromatic N) is 4. The molecule has 1 aliphatic rings. The molecule has 320 valence electrons. The Morgan fingerprint density at radius 2 is 1.17 bits per heavy atom. The summed E-state index contributed by atoms with van der Waals surface area (Å²) in [6.45, 7) is 6.61. The van der Waals surface area contributed by atoms with Gasteiger partial charge in [-0.3, -0.25) is 0 Å². The van der Waals surface area contributed by atoms with Crippen molar-refractivity contribution in [3.05, 3.63) is 218 Å². The zero-order valence-electron chi connectivity index (χ0n) is 36.2. The Labute approximate surface area is 396 Å². The van der Waals surface area contributed by atoms with Gasteiger partial charge < -0.3 is 9.30 Å². The Hall–Kier alpha value is -7.56.